The number of benzene rings is 9. The largest absolute Gasteiger partial charge is 0.310 e. The molecule has 0 fully saturated rings. The summed E-state index contributed by atoms with van der Waals surface area (Å²) >= 11 is 0. The SMILES string of the molecule is CCCc1ccc(-c2ccc(N(c3ccc(-c4ccc(CCC)cc4)cc3)c3ccc4c5ccc(C(C)=O)c6cccc(c7cccc3c74)c65)cc2)cc1. The van der Waals surface area contributed by atoms with Crippen LogP contribution < -0.4 is 4.90 Å². The van der Waals surface area contributed by atoms with Crippen molar-refractivity contribution in [3.8, 4) is 22.3 Å². The van der Waals surface area contributed by atoms with E-state index < -0.39 is 0 Å². The molecule has 0 spiro atoms. The molecule has 0 aliphatic heterocycles. The summed E-state index contributed by atoms with van der Waals surface area (Å²) < 4.78 is 0. The summed E-state index contributed by atoms with van der Waals surface area (Å²) in [4.78, 5) is 15.1. The number of hydrogen-bond acceptors (Lipinski definition) is 2. The number of rotatable bonds is 10. The Morgan fingerprint density at radius 3 is 1.28 bits per heavy atom. The van der Waals surface area contributed by atoms with Crippen molar-refractivity contribution >= 4 is 65.9 Å². The molecule has 0 atom stereocenters. The molecule has 9 aromatic rings. The Bertz CT molecular complexity index is 2660. The average molecular weight is 698 g/mol. The molecular weight excluding hydrogens is 655 g/mol. The Kier molecular flexibility index (Phi) is 8.67. The minimum absolute atomic E-state index is 0.0905. The first kappa shape index (κ1) is 33.6. The number of carbonyl (C=O) groups excluding carboxylic acids is 1. The van der Waals surface area contributed by atoms with Gasteiger partial charge in [-0.05, 0) is 121 Å². The summed E-state index contributed by atoms with van der Waals surface area (Å²) in [5.74, 6) is 0.0905. The molecule has 0 saturated carbocycles. The second-order valence-corrected chi connectivity index (χ2v) is 14.6. The average Bonchev–Trinajstić information content (AvgIpc) is 3.21. The number of anilines is 3. The predicted molar refractivity (Wildman–Crippen MR) is 231 cm³/mol. The zero-order chi connectivity index (χ0) is 36.8. The number of ketones is 1. The van der Waals surface area contributed by atoms with Gasteiger partial charge >= 0.3 is 0 Å². The molecule has 9 rings (SSSR count). The van der Waals surface area contributed by atoms with Gasteiger partial charge in [0.05, 0.1) is 5.69 Å². The normalized spacial score (nSPS) is 11.6. The molecule has 0 unspecified atom stereocenters. The minimum atomic E-state index is 0.0905. The van der Waals surface area contributed by atoms with Gasteiger partial charge in [-0.1, -0.05) is 154 Å². The van der Waals surface area contributed by atoms with E-state index in [1.807, 2.05) is 6.07 Å². The van der Waals surface area contributed by atoms with Gasteiger partial charge in [-0.25, -0.2) is 0 Å². The molecule has 0 N–H and O–H groups in total. The summed E-state index contributed by atoms with van der Waals surface area (Å²) in [6, 6.07) is 57.8. The number of hydrogen-bond donors (Lipinski definition) is 0. The molecule has 0 amide bonds. The maximum atomic E-state index is 12.7. The zero-order valence-corrected chi connectivity index (χ0v) is 31.2. The van der Waals surface area contributed by atoms with Gasteiger partial charge in [0.25, 0.3) is 0 Å². The van der Waals surface area contributed by atoms with Crippen LogP contribution >= 0.6 is 0 Å². The fraction of sp³-hybridized carbons (Fsp3) is 0.135. The van der Waals surface area contributed by atoms with Crippen LogP contribution in [0.4, 0.5) is 17.1 Å². The summed E-state index contributed by atoms with van der Waals surface area (Å²) in [7, 11) is 0. The summed E-state index contributed by atoms with van der Waals surface area (Å²) in [5.41, 5.74) is 11.7. The van der Waals surface area contributed by atoms with E-state index in [0.717, 1.165) is 59.1 Å². The van der Waals surface area contributed by atoms with Crippen LogP contribution in [-0.2, 0) is 12.8 Å². The summed E-state index contributed by atoms with van der Waals surface area (Å²) in [6.45, 7) is 6.11. The van der Waals surface area contributed by atoms with Crippen LogP contribution in [0.1, 0.15) is 55.1 Å². The van der Waals surface area contributed by atoms with E-state index in [1.54, 1.807) is 6.92 Å². The predicted octanol–water partition coefficient (Wildman–Crippen LogP) is 14.6. The highest BCUT2D eigenvalue weighted by molar-refractivity contribution is 6.35. The van der Waals surface area contributed by atoms with Gasteiger partial charge in [-0.3, -0.25) is 4.79 Å². The van der Waals surface area contributed by atoms with E-state index in [0.29, 0.717) is 0 Å². The molecule has 0 bridgehead atoms. The molecular formula is C52H43NO. The van der Waals surface area contributed by atoms with Crippen molar-refractivity contribution in [3.05, 3.63) is 174 Å². The Morgan fingerprint density at radius 2 is 0.815 bits per heavy atom. The topological polar surface area (TPSA) is 20.3 Å². The molecule has 2 heteroatoms. The van der Waals surface area contributed by atoms with Crippen molar-refractivity contribution < 1.29 is 4.79 Å². The highest BCUT2D eigenvalue weighted by Gasteiger charge is 2.21. The van der Waals surface area contributed by atoms with Gasteiger partial charge in [0, 0.05) is 22.3 Å². The third kappa shape index (κ3) is 5.79. The van der Waals surface area contributed by atoms with Crippen LogP contribution in [0.25, 0.3) is 65.3 Å². The monoisotopic (exact) mass is 697 g/mol. The molecule has 0 aliphatic carbocycles. The molecule has 54 heavy (non-hydrogen) atoms. The molecule has 0 radical (unpaired) electrons. The molecule has 0 saturated heterocycles. The fourth-order valence-electron chi connectivity index (χ4n) is 8.54. The van der Waals surface area contributed by atoms with Crippen LogP contribution in [-0.4, -0.2) is 5.78 Å². The molecule has 0 heterocycles. The summed E-state index contributed by atoms with van der Waals surface area (Å²) in [6.07, 6.45) is 4.50. The number of fused-ring (bicyclic) bond motifs is 2. The number of Topliss-reactive ketones (excluding diaryl/α,β-unsaturated/α-hetero) is 1. The van der Waals surface area contributed by atoms with E-state index in [1.165, 1.54) is 65.7 Å². The zero-order valence-electron chi connectivity index (χ0n) is 31.2. The van der Waals surface area contributed by atoms with Crippen LogP contribution in [0, 0.1) is 0 Å². The Morgan fingerprint density at radius 1 is 0.426 bits per heavy atom. The van der Waals surface area contributed by atoms with Crippen LogP contribution in [0.3, 0.4) is 0 Å². The first-order valence-electron chi connectivity index (χ1n) is 19.3. The van der Waals surface area contributed by atoms with E-state index in [-0.39, 0.29) is 5.78 Å². The number of aryl methyl sites for hydroxylation is 2. The van der Waals surface area contributed by atoms with E-state index >= 15 is 0 Å². The van der Waals surface area contributed by atoms with Gasteiger partial charge in [-0.2, -0.15) is 0 Å². The van der Waals surface area contributed by atoms with Crippen LogP contribution in [0.2, 0.25) is 0 Å². The van der Waals surface area contributed by atoms with Crippen molar-refractivity contribution in [2.75, 3.05) is 4.90 Å². The van der Waals surface area contributed by atoms with Crippen molar-refractivity contribution in [1.29, 1.82) is 0 Å². The van der Waals surface area contributed by atoms with E-state index in [9.17, 15) is 4.79 Å². The lowest BCUT2D eigenvalue weighted by atomic mass is 9.87. The molecule has 0 aromatic heterocycles. The third-order valence-corrected chi connectivity index (χ3v) is 11.2. The fourth-order valence-corrected chi connectivity index (χ4v) is 8.54. The van der Waals surface area contributed by atoms with Crippen molar-refractivity contribution in [2.24, 2.45) is 0 Å². The van der Waals surface area contributed by atoms with Gasteiger partial charge in [0.2, 0.25) is 0 Å². The van der Waals surface area contributed by atoms with Gasteiger partial charge in [-0.15, -0.1) is 0 Å². The smallest absolute Gasteiger partial charge is 0.160 e. The quantitative estimate of drug-likeness (QED) is 0.0805. The lowest BCUT2D eigenvalue weighted by Gasteiger charge is -2.28. The van der Waals surface area contributed by atoms with E-state index in [4.69, 9.17) is 0 Å². The van der Waals surface area contributed by atoms with Gasteiger partial charge < -0.3 is 4.90 Å². The Labute approximate surface area is 317 Å². The standard InChI is InChI=1S/C52H43NO/c1-4-8-35-14-18-37(19-15-35)39-22-26-41(27-23-39)53(42-28-24-40(25-29-42)38-20-16-36(9-5-2)17-21-38)50-33-32-48-47-31-30-43(34(3)54)44-10-6-11-45(51(44)47)46-12-7-13-49(50)52(46)48/h6-7,10-33H,4-5,8-9H2,1-3H3. The maximum Gasteiger partial charge on any atom is 0.160 e. The Balaban J connectivity index is 1.21. The highest BCUT2D eigenvalue weighted by atomic mass is 16.1. The number of nitrogens with zero attached hydrogens (tertiary/aromatic N) is 1. The second kappa shape index (κ2) is 14.0. The van der Waals surface area contributed by atoms with Gasteiger partial charge in [0.15, 0.2) is 5.78 Å². The molecule has 0 aliphatic rings. The molecule has 9 aromatic carbocycles. The third-order valence-electron chi connectivity index (χ3n) is 11.2. The molecule has 262 valence electrons. The first-order chi connectivity index (χ1) is 26.5. The van der Waals surface area contributed by atoms with Crippen molar-refractivity contribution in [1.82, 2.24) is 0 Å². The van der Waals surface area contributed by atoms with Crippen molar-refractivity contribution in [2.45, 2.75) is 46.5 Å². The Hall–Kier alpha value is -6.25. The van der Waals surface area contributed by atoms with Gasteiger partial charge in [0.1, 0.15) is 0 Å². The summed E-state index contributed by atoms with van der Waals surface area (Å²) in [5, 5.41) is 9.36. The van der Waals surface area contributed by atoms with Crippen LogP contribution in [0.5, 0.6) is 0 Å². The minimum Gasteiger partial charge on any atom is -0.310 e. The number of carbonyl (C=O) groups is 1. The highest BCUT2D eigenvalue weighted by Crippen LogP contribution is 2.46. The van der Waals surface area contributed by atoms with Crippen LogP contribution in [0.15, 0.2) is 158 Å². The maximum absolute atomic E-state index is 12.7. The van der Waals surface area contributed by atoms with E-state index in [2.05, 4.69) is 170 Å². The van der Waals surface area contributed by atoms with Crippen molar-refractivity contribution in [3.63, 3.8) is 0 Å². The first-order valence-corrected chi connectivity index (χ1v) is 19.3. The molecule has 2 nitrogen and oxygen atoms in total. The lowest BCUT2D eigenvalue weighted by molar-refractivity contribution is 0.101. The lowest BCUT2D eigenvalue weighted by Crippen LogP contribution is -2.10. The second-order valence-electron chi connectivity index (χ2n) is 14.6.